The van der Waals surface area contributed by atoms with Crippen molar-refractivity contribution in [3.63, 3.8) is 0 Å². The van der Waals surface area contributed by atoms with Crippen LogP contribution in [0.4, 0.5) is 8.78 Å². The number of halogens is 2. The molecule has 0 atom stereocenters. The van der Waals surface area contributed by atoms with Gasteiger partial charge in [0, 0.05) is 5.56 Å². The number of nitrogens with one attached hydrogen (secondary N) is 2. The summed E-state index contributed by atoms with van der Waals surface area (Å²) in [6.07, 6.45) is 1.48. The van der Waals surface area contributed by atoms with Gasteiger partial charge in [-0.15, -0.1) is 0 Å². The lowest BCUT2D eigenvalue weighted by Crippen LogP contribution is -2.38. The van der Waals surface area contributed by atoms with E-state index in [0.29, 0.717) is 11.0 Å². The molecule has 0 saturated heterocycles. The number of rotatable bonds is 4. The Labute approximate surface area is 101 Å². The summed E-state index contributed by atoms with van der Waals surface area (Å²) in [6, 6.07) is 4.63. The van der Waals surface area contributed by atoms with Crippen LogP contribution < -0.4 is 5.32 Å². The van der Waals surface area contributed by atoms with Gasteiger partial charge < -0.3 is 15.4 Å². The van der Waals surface area contributed by atoms with Crippen LogP contribution in [-0.4, -0.2) is 40.1 Å². The van der Waals surface area contributed by atoms with Crippen LogP contribution >= 0.6 is 0 Å². The first-order valence-corrected chi connectivity index (χ1v) is 5.22. The molecule has 0 aliphatic rings. The van der Waals surface area contributed by atoms with Crippen LogP contribution in [0.15, 0.2) is 24.5 Å². The Kier molecular flexibility index (Phi) is 3.24. The third kappa shape index (κ3) is 2.62. The molecule has 0 radical (unpaired) electrons. The van der Waals surface area contributed by atoms with Crippen LogP contribution in [-0.2, 0) is 0 Å². The summed E-state index contributed by atoms with van der Waals surface area (Å²) in [5.41, 5.74) is 1.59. The maximum atomic E-state index is 12.8. The molecule has 7 heteroatoms. The number of H-pyrrole nitrogens is 1. The summed E-state index contributed by atoms with van der Waals surface area (Å²) < 4.78 is 25.5. The van der Waals surface area contributed by atoms with Crippen molar-refractivity contribution < 1.29 is 18.7 Å². The fourth-order valence-corrected chi connectivity index (χ4v) is 1.44. The molecular formula is C11H11F2N3O2. The lowest BCUT2D eigenvalue weighted by molar-refractivity contribution is -0.0462. The molecule has 2 aromatic rings. The van der Waals surface area contributed by atoms with E-state index in [1.54, 1.807) is 6.07 Å². The molecule has 0 aliphatic heterocycles. The molecule has 3 N–H and O–H groups in total. The van der Waals surface area contributed by atoms with Gasteiger partial charge in [-0.2, -0.15) is 0 Å². The van der Waals surface area contributed by atoms with Crippen LogP contribution in [0.5, 0.6) is 0 Å². The number of aliphatic hydroxyl groups excluding tert-OH is 1. The SMILES string of the molecule is O=C(NCC(F)(F)CO)c1ccc2nc[nH]c2c1. The largest absolute Gasteiger partial charge is 0.390 e. The second kappa shape index (κ2) is 4.69. The lowest BCUT2D eigenvalue weighted by atomic mass is 10.2. The van der Waals surface area contributed by atoms with Gasteiger partial charge in [0.25, 0.3) is 11.8 Å². The summed E-state index contributed by atoms with van der Waals surface area (Å²) >= 11 is 0. The predicted molar refractivity (Wildman–Crippen MR) is 60.5 cm³/mol. The van der Waals surface area contributed by atoms with Gasteiger partial charge in [0.15, 0.2) is 0 Å². The second-order valence-corrected chi connectivity index (χ2v) is 3.83. The molecule has 18 heavy (non-hydrogen) atoms. The highest BCUT2D eigenvalue weighted by molar-refractivity contribution is 5.97. The molecule has 2 rings (SSSR count). The molecule has 0 aliphatic carbocycles. The average Bonchev–Trinajstić information content (AvgIpc) is 2.83. The minimum absolute atomic E-state index is 0.250. The van der Waals surface area contributed by atoms with Gasteiger partial charge in [0.2, 0.25) is 0 Å². The number of alkyl halides is 2. The number of aromatic nitrogens is 2. The van der Waals surface area contributed by atoms with Crippen molar-refractivity contribution in [2.45, 2.75) is 5.92 Å². The molecule has 0 fully saturated rings. The van der Waals surface area contributed by atoms with E-state index in [9.17, 15) is 13.6 Å². The minimum Gasteiger partial charge on any atom is -0.390 e. The number of benzene rings is 1. The van der Waals surface area contributed by atoms with Gasteiger partial charge in [0.1, 0.15) is 6.61 Å². The van der Waals surface area contributed by atoms with Crippen molar-refractivity contribution in [2.75, 3.05) is 13.2 Å². The number of imidazole rings is 1. The number of carbonyl (C=O) groups excluding carboxylic acids is 1. The van der Waals surface area contributed by atoms with Crippen molar-refractivity contribution in [3.8, 4) is 0 Å². The average molecular weight is 255 g/mol. The van der Waals surface area contributed by atoms with Crippen LogP contribution in [0.2, 0.25) is 0 Å². The smallest absolute Gasteiger partial charge is 0.287 e. The Morgan fingerprint density at radius 3 is 3.00 bits per heavy atom. The normalized spacial score (nSPS) is 11.7. The van der Waals surface area contributed by atoms with E-state index in [-0.39, 0.29) is 5.56 Å². The predicted octanol–water partition coefficient (Wildman–Crippen LogP) is 0.920. The van der Waals surface area contributed by atoms with E-state index < -0.39 is 25.0 Å². The number of amides is 1. The van der Waals surface area contributed by atoms with Gasteiger partial charge in [0.05, 0.1) is 23.9 Å². The molecule has 1 aromatic heterocycles. The summed E-state index contributed by atoms with van der Waals surface area (Å²) in [7, 11) is 0. The van der Waals surface area contributed by atoms with Crippen molar-refractivity contribution in [1.29, 1.82) is 0 Å². The summed E-state index contributed by atoms with van der Waals surface area (Å²) in [6.45, 7) is -2.20. The molecule has 96 valence electrons. The first-order valence-electron chi connectivity index (χ1n) is 5.22. The van der Waals surface area contributed by atoms with Crippen LogP contribution in [0.3, 0.4) is 0 Å². The fourth-order valence-electron chi connectivity index (χ4n) is 1.44. The maximum absolute atomic E-state index is 12.8. The number of aromatic amines is 1. The zero-order valence-corrected chi connectivity index (χ0v) is 9.28. The Morgan fingerprint density at radius 1 is 1.50 bits per heavy atom. The van der Waals surface area contributed by atoms with E-state index in [2.05, 4.69) is 15.3 Å². The van der Waals surface area contributed by atoms with Gasteiger partial charge in [-0.3, -0.25) is 4.79 Å². The Bertz CT molecular complexity index is 568. The molecule has 0 unspecified atom stereocenters. The number of nitrogens with zero attached hydrogens (tertiary/aromatic N) is 1. The molecule has 5 nitrogen and oxygen atoms in total. The number of fused-ring (bicyclic) bond motifs is 1. The fraction of sp³-hybridized carbons (Fsp3) is 0.273. The second-order valence-electron chi connectivity index (χ2n) is 3.83. The molecule has 0 bridgehead atoms. The first kappa shape index (κ1) is 12.4. The molecule has 0 saturated carbocycles. The monoisotopic (exact) mass is 255 g/mol. The quantitative estimate of drug-likeness (QED) is 0.760. The summed E-state index contributed by atoms with van der Waals surface area (Å²) in [4.78, 5) is 18.4. The highest BCUT2D eigenvalue weighted by Gasteiger charge is 2.28. The highest BCUT2D eigenvalue weighted by atomic mass is 19.3. The maximum Gasteiger partial charge on any atom is 0.287 e. The molecule has 1 amide bonds. The van der Waals surface area contributed by atoms with Crippen LogP contribution in [0.1, 0.15) is 10.4 Å². The summed E-state index contributed by atoms with van der Waals surface area (Å²) in [5, 5.41) is 10.4. The van der Waals surface area contributed by atoms with Crippen LogP contribution in [0.25, 0.3) is 11.0 Å². The highest BCUT2D eigenvalue weighted by Crippen LogP contribution is 2.13. The van der Waals surface area contributed by atoms with Gasteiger partial charge in [-0.1, -0.05) is 0 Å². The topological polar surface area (TPSA) is 78.0 Å². The molecule has 1 aromatic carbocycles. The van der Waals surface area contributed by atoms with Crippen molar-refractivity contribution in [1.82, 2.24) is 15.3 Å². The molecule has 0 spiro atoms. The number of carbonyl (C=O) groups is 1. The van der Waals surface area contributed by atoms with E-state index in [1.165, 1.54) is 18.5 Å². The first-order chi connectivity index (χ1) is 8.52. The van der Waals surface area contributed by atoms with E-state index in [0.717, 1.165) is 0 Å². The summed E-state index contributed by atoms with van der Waals surface area (Å²) in [5.74, 6) is -3.94. The third-order valence-electron chi connectivity index (χ3n) is 2.42. The van der Waals surface area contributed by atoms with Gasteiger partial charge in [-0.25, -0.2) is 13.8 Å². The van der Waals surface area contributed by atoms with Crippen molar-refractivity contribution in [3.05, 3.63) is 30.1 Å². The molecular weight excluding hydrogens is 244 g/mol. The number of aliphatic hydroxyl groups is 1. The van der Waals surface area contributed by atoms with Gasteiger partial charge in [-0.05, 0) is 18.2 Å². The zero-order valence-electron chi connectivity index (χ0n) is 9.28. The zero-order chi connectivity index (χ0) is 13.2. The number of hydrogen-bond donors (Lipinski definition) is 3. The third-order valence-corrected chi connectivity index (χ3v) is 2.42. The Morgan fingerprint density at radius 2 is 2.28 bits per heavy atom. The number of hydrogen-bond acceptors (Lipinski definition) is 3. The van der Waals surface area contributed by atoms with E-state index in [4.69, 9.17) is 5.11 Å². The Balaban J connectivity index is 2.08. The van der Waals surface area contributed by atoms with Crippen molar-refractivity contribution in [2.24, 2.45) is 0 Å². The lowest BCUT2D eigenvalue weighted by Gasteiger charge is -2.13. The standard InChI is InChI=1S/C11H11F2N3O2/c12-11(13,5-17)4-14-10(18)7-1-2-8-9(3-7)16-6-15-8/h1-3,6,17H,4-5H2,(H,14,18)(H,15,16). The van der Waals surface area contributed by atoms with Crippen molar-refractivity contribution >= 4 is 16.9 Å². The van der Waals surface area contributed by atoms with E-state index in [1.807, 2.05) is 0 Å². The Hall–Kier alpha value is -2.02. The minimum atomic E-state index is -3.31. The van der Waals surface area contributed by atoms with Gasteiger partial charge >= 0.3 is 0 Å². The molecule has 1 heterocycles. The van der Waals surface area contributed by atoms with E-state index >= 15 is 0 Å². The van der Waals surface area contributed by atoms with Crippen LogP contribution in [0, 0.1) is 0 Å².